The number of aliphatic hydroxyl groups is 2. The molecule has 0 aromatic rings. The quantitative estimate of drug-likeness (QED) is 0.385. The van der Waals surface area contributed by atoms with Crippen LogP contribution in [0.25, 0.3) is 0 Å². The number of fused-ring (bicyclic) bond motifs is 5. The molecule has 3 saturated carbocycles. The highest BCUT2D eigenvalue weighted by Crippen LogP contribution is 2.67. The van der Waals surface area contributed by atoms with Crippen LogP contribution in [0, 0.1) is 28.6 Å². The molecule has 2 N–H and O–H groups in total. The summed E-state index contributed by atoms with van der Waals surface area (Å²) in [7, 11) is -1.74. The fourth-order valence-corrected chi connectivity index (χ4v) is 9.45. The molecule has 31 heavy (non-hydrogen) atoms. The zero-order valence-corrected chi connectivity index (χ0v) is 22.4. The SMILES string of the molecule is C[C@H](O)[C@@]1(O)CCC2C3CC=C4C[C@@H](O[Si](C)(C)C(C)(C)C)CC[C@]4(C)C3CC[C@@]21C. The highest BCUT2D eigenvalue weighted by atomic mass is 28.4. The van der Waals surface area contributed by atoms with Gasteiger partial charge < -0.3 is 14.6 Å². The van der Waals surface area contributed by atoms with Crippen molar-refractivity contribution in [1.29, 1.82) is 0 Å². The summed E-state index contributed by atoms with van der Waals surface area (Å²) in [5.41, 5.74) is 0.897. The van der Waals surface area contributed by atoms with E-state index in [1.165, 1.54) is 19.3 Å². The van der Waals surface area contributed by atoms with Crippen molar-refractivity contribution in [2.24, 2.45) is 28.6 Å². The minimum Gasteiger partial charge on any atom is -0.414 e. The predicted octanol–water partition coefficient (Wildman–Crippen LogP) is 6.45. The predicted molar refractivity (Wildman–Crippen MR) is 130 cm³/mol. The summed E-state index contributed by atoms with van der Waals surface area (Å²) in [5.74, 6) is 1.90. The monoisotopic (exact) mass is 448 g/mol. The van der Waals surface area contributed by atoms with Gasteiger partial charge in [-0.2, -0.15) is 0 Å². The Morgan fingerprint density at radius 3 is 2.32 bits per heavy atom. The molecule has 0 aromatic heterocycles. The van der Waals surface area contributed by atoms with Crippen molar-refractivity contribution in [3.8, 4) is 0 Å². The summed E-state index contributed by atoms with van der Waals surface area (Å²) in [4.78, 5) is 0. The Labute approximate surface area is 192 Å². The van der Waals surface area contributed by atoms with Crippen LogP contribution in [-0.4, -0.2) is 36.3 Å². The third-order valence-corrected chi connectivity index (χ3v) is 15.8. The van der Waals surface area contributed by atoms with Crippen LogP contribution in [0.5, 0.6) is 0 Å². The number of hydrogen-bond donors (Lipinski definition) is 2. The molecule has 0 radical (unpaired) electrons. The molecule has 178 valence electrons. The van der Waals surface area contributed by atoms with Gasteiger partial charge in [-0.25, -0.2) is 0 Å². The lowest BCUT2D eigenvalue weighted by molar-refractivity contribution is -0.170. The van der Waals surface area contributed by atoms with E-state index in [1.807, 2.05) is 0 Å². The van der Waals surface area contributed by atoms with Gasteiger partial charge in [0.15, 0.2) is 8.32 Å². The smallest absolute Gasteiger partial charge is 0.192 e. The second kappa shape index (κ2) is 7.42. The van der Waals surface area contributed by atoms with Crippen molar-refractivity contribution < 1.29 is 14.6 Å². The van der Waals surface area contributed by atoms with Gasteiger partial charge >= 0.3 is 0 Å². The molecule has 3 unspecified atom stereocenters. The van der Waals surface area contributed by atoms with Gasteiger partial charge in [-0.3, -0.25) is 0 Å². The van der Waals surface area contributed by atoms with E-state index in [-0.39, 0.29) is 10.5 Å². The van der Waals surface area contributed by atoms with Crippen LogP contribution in [0.2, 0.25) is 18.1 Å². The molecule has 0 aromatic carbocycles. The summed E-state index contributed by atoms with van der Waals surface area (Å²) >= 11 is 0. The first-order chi connectivity index (χ1) is 14.2. The molecule has 4 rings (SSSR count). The molecule has 4 aliphatic carbocycles. The Bertz CT molecular complexity index is 737. The van der Waals surface area contributed by atoms with E-state index in [2.05, 4.69) is 53.8 Å². The van der Waals surface area contributed by atoms with E-state index >= 15 is 0 Å². The molecule has 0 aliphatic heterocycles. The van der Waals surface area contributed by atoms with Gasteiger partial charge in [0.1, 0.15) is 0 Å². The molecule has 0 amide bonds. The van der Waals surface area contributed by atoms with Crippen LogP contribution < -0.4 is 0 Å². The van der Waals surface area contributed by atoms with Crippen molar-refractivity contribution in [3.63, 3.8) is 0 Å². The minimum absolute atomic E-state index is 0.146. The molecule has 0 bridgehead atoms. The highest BCUT2D eigenvalue weighted by molar-refractivity contribution is 6.74. The second-order valence-corrected chi connectivity index (χ2v) is 18.4. The lowest BCUT2D eigenvalue weighted by Crippen LogP contribution is -2.58. The molecule has 4 aliphatic rings. The summed E-state index contributed by atoms with van der Waals surface area (Å²) in [6.07, 6.45) is 11.1. The van der Waals surface area contributed by atoms with E-state index in [4.69, 9.17) is 4.43 Å². The zero-order chi connectivity index (χ0) is 23.0. The van der Waals surface area contributed by atoms with E-state index in [9.17, 15) is 10.2 Å². The molecule has 4 heteroatoms. The number of rotatable bonds is 3. The van der Waals surface area contributed by atoms with E-state index < -0.39 is 20.0 Å². The summed E-state index contributed by atoms with van der Waals surface area (Å²) in [5, 5.41) is 22.2. The second-order valence-electron chi connectivity index (χ2n) is 13.6. The van der Waals surface area contributed by atoms with Gasteiger partial charge in [0.2, 0.25) is 0 Å². The first-order valence-electron chi connectivity index (χ1n) is 12.9. The Morgan fingerprint density at radius 2 is 1.71 bits per heavy atom. The lowest BCUT2D eigenvalue weighted by Gasteiger charge is -2.59. The Balaban J connectivity index is 1.55. The highest BCUT2D eigenvalue weighted by Gasteiger charge is 2.65. The van der Waals surface area contributed by atoms with E-state index in [0.29, 0.717) is 23.4 Å². The third kappa shape index (κ3) is 3.45. The molecule has 0 saturated heterocycles. The maximum absolute atomic E-state index is 11.4. The van der Waals surface area contributed by atoms with Gasteiger partial charge in [-0.05, 0) is 99.6 Å². The van der Waals surface area contributed by atoms with Gasteiger partial charge in [-0.15, -0.1) is 0 Å². The van der Waals surface area contributed by atoms with Crippen molar-refractivity contribution in [1.82, 2.24) is 0 Å². The average molecular weight is 449 g/mol. The number of aliphatic hydroxyl groups excluding tert-OH is 1. The summed E-state index contributed by atoms with van der Waals surface area (Å²) in [6.45, 7) is 18.4. The fraction of sp³-hybridized carbons (Fsp3) is 0.926. The van der Waals surface area contributed by atoms with Crippen LogP contribution in [-0.2, 0) is 4.43 Å². The Morgan fingerprint density at radius 1 is 1.06 bits per heavy atom. The van der Waals surface area contributed by atoms with Crippen LogP contribution >= 0.6 is 0 Å². The maximum Gasteiger partial charge on any atom is 0.192 e. The van der Waals surface area contributed by atoms with Gasteiger partial charge in [0.05, 0.1) is 11.7 Å². The molecule has 3 nitrogen and oxygen atoms in total. The van der Waals surface area contributed by atoms with Crippen LogP contribution in [0.15, 0.2) is 11.6 Å². The van der Waals surface area contributed by atoms with Gasteiger partial charge in [0, 0.05) is 11.5 Å². The summed E-state index contributed by atoms with van der Waals surface area (Å²) < 4.78 is 6.85. The van der Waals surface area contributed by atoms with Crippen LogP contribution in [0.3, 0.4) is 0 Å². The van der Waals surface area contributed by atoms with E-state index in [0.717, 1.165) is 38.0 Å². The molecule has 0 spiro atoms. The zero-order valence-electron chi connectivity index (χ0n) is 21.4. The Kier molecular flexibility index (Phi) is 5.74. The van der Waals surface area contributed by atoms with E-state index in [1.54, 1.807) is 12.5 Å². The molecule has 0 heterocycles. The third-order valence-electron chi connectivity index (χ3n) is 11.2. The topological polar surface area (TPSA) is 49.7 Å². The van der Waals surface area contributed by atoms with Crippen molar-refractivity contribution in [2.75, 3.05) is 0 Å². The first-order valence-corrected chi connectivity index (χ1v) is 15.8. The van der Waals surface area contributed by atoms with Crippen molar-refractivity contribution >= 4 is 8.32 Å². The average Bonchev–Trinajstić information content (AvgIpc) is 2.93. The number of hydrogen-bond acceptors (Lipinski definition) is 3. The minimum atomic E-state index is -1.74. The largest absolute Gasteiger partial charge is 0.414 e. The first kappa shape index (κ1) is 24.0. The molecule has 8 atom stereocenters. The molecular formula is C27H48O3Si. The normalized spacial score (nSPS) is 46.6. The van der Waals surface area contributed by atoms with Gasteiger partial charge in [-0.1, -0.05) is 46.3 Å². The van der Waals surface area contributed by atoms with Crippen LogP contribution in [0.4, 0.5) is 0 Å². The molecular weight excluding hydrogens is 400 g/mol. The fourth-order valence-electron chi connectivity index (χ4n) is 8.06. The summed E-state index contributed by atoms with van der Waals surface area (Å²) in [6, 6.07) is 0. The lowest BCUT2D eigenvalue weighted by atomic mass is 9.46. The van der Waals surface area contributed by atoms with Crippen molar-refractivity contribution in [3.05, 3.63) is 11.6 Å². The van der Waals surface area contributed by atoms with Gasteiger partial charge in [0.25, 0.3) is 0 Å². The van der Waals surface area contributed by atoms with Crippen molar-refractivity contribution in [2.45, 2.75) is 129 Å². The standard InChI is InChI=1S/C27H48O3Si/c1-18(28)27(29)16-13-23-21-10-9-19-17-20(30-31(7,8)24(2,3)4)11-14-25(19,5)22(21)12-15-26(23,27)6/h9,18,20-23,28-29H,10-17H2,1-8H3/t18-,20-,21?,22?,23?,25-,26-,27-/m0/s1. The maximum atomic E-state index is 11.4. The molecule has 3 fully saturated rings. The Hall–Kier alpha value is -0.163. The van der Waals surface area contributed by atoms with Crippen LogP contribution in [0.1, 0.15) is 92.9 Å². The number of allylic oxidation sites excluding steroid dienone is 1.